The number of hydrogen-bond acceptors (Lipinski definition) is 7. The first-order valence-electron chi connectivity index (χ1n) is 12.8. The average Bonchev–Trinajstić information content (AvgIpc) is 3.68. The molecule has 10 nitrogen and oxygen atoms in total. The van der Waals surface area contributed by atoms with Crippen LogP contribution >= 0.6 is 0 Å². The number of hydrogen-bond donors (Lipinski definition) is 0. The number of azide groups is 1. The van der Waals surface area contributed by atoms with E-state index in [1.165, 1.54) is 12.0 Å². The molecule has 0 saturated carbocycles. The molecule has 1 amide bonds. The van der Waals surface area contributed by atoms with E-state index in [0.29, 0.717) is 24.5 Å². The third-order valence-corrected chi connectivity index (χ3v) is 7.07. The van der Waals surface area contributed by atoms with Gasteiger partial charge in [-0.25, -0.2) is 4.79 Å². The zero-order valence-electron chi connectivity index (χ0n) is 21.6. The Hall–Kier alpha value is -3.88. The van der Waals surface area contributed by atoms with Gasteiger partial charge in [0.2, 0.25) is 5.91 Å². The molecule has 2 aromatic carbocycles. The lowest BCUT2D eigenvalue weighted by Gasteiger charge is -2.30. The standard InChI is InChI=1S/C28H32N4O6/c1-18-4-3-5-25-26(38-25)17-37-22-12-8-19(9-13-22)14-23(28(35)36-2)32(27(34)15-24(18)33)16-20-6-10-21(11-7-20)30-31-29/h6-13,18,23,25-26H,3-5,14-17H2,1-2H3/t18-,23+,25+,26+/m1/s1. The van der Waals surface area contributed by atoms with Gasteiger partial charge in [-0.1, -0.05) is 54.9 Å². The summed E-state index contributed by atoms with van der Waals surface area (Å²) in [5, 5.41) is 3.57. The monoisotopic (exact) mass is 520 g/mol. The zero-order valence-corrected chi connectivity index (χ0v) is 21.6. The molecule has 5 rings (SSSR count). The number of ketones is 1. The fraction of sp³-hybridized carbons (Fsp3) is 0.464. The van der Waals surface area contributed by atoms with Crippen molar-refractivity contribution in [2.24, 2.45) is 11.0 Å². The van der Waals surface area contributed by atoms with E-state index in [2.05, 4.69) is 10.0 Å². The predicted octanol–water partition coefficient (Wildman–Crippen LogP) is 4.67. The molecule has 2 aromatic rings. The molecule has 3 heterocycles. The van der Waals surface area contributed by atoms with E-state index in [-0.39, 0.29) is 43.3 Å². The second kappa shape index (κ2) is 12.6. The number of fused-ring (bicyclic) bond motifs is 12. The fourth-order valence-electron chi connectivity index (χ4n) is 4.66. The number of amides is 1. The molecule has 0 aromatic heterocycles. The van der Waals surface area contributed by atoms with E-state index in [9.17, 15) is 14.4 Å². The molecule has 0 unspecified atom stereocenters. The van der Waals surface area contributed by atoms with Crippen molar-refractivity contribution in [2.45, 2.75) is 63.8 Å². The topological polar surface area (TPSA) is 134 Å². The highest BCUT2D eigenvalue weighted by Crippen LogP contribution is 2.29. The third-order valence-electron chi connectivity index (χ3n) is 7.07. The maximum atomic E-state index is 13.6. The lowest BCUT2D eigenvalue weighted by atomic mass is 9.95. The molecule has 1 fully saturated rings. The second-order valence-corrected chi connectivity index (χ2v) is 9.76. The number of carbonyl (C=O) groups excluding carboxylic acids is 3. The number of nitrogens with zero attached hydrogens (tertiary/aromatic N) is 4. The molecule has 0 radical (unpaired) electrons. The Balaban J connectivity index is 1.63. The van der Waals surface area contributed by atoms with Crippen molar-refractivity contribution in [3.05, 3.63) is 70.1 Å². The van der Waals surface area contributed by atoms with Crippen LogP contribution < -0.4 is 4.74 Å². The minimum absolute atomic E-state index is 0.0548. The molecule has 3 aliphatic heterocycles. The average molecular weight is 521 g/mol. The number of Topliss-reactive ketones (excluding diaryl/α,β-unsaturated/α-hetero) is 1. The minimum Gasteiger partial charge on any atom is -0.491 e. The Bertz CT molecular complexity index is 1190. The van der Waals surface area contributed by atoms with Gasteiger partial charge in [-0.3, -0.25) is 9.59 Å². The van der Waals surface area contributed by atoms with Gasteiger partial charge in [0.1, 0.15) is 30.3 Å². The number of ether oxygens (including phenoxy) is 3. The van der Waals surface area contributed by atoms with E-state index in [1.54, 1.807) is 24.3 Å². The molecule has 3 aliphatic rings. The molecule has 200 valence electrons. The summed E-state index contributed by atoms with van der Waals surface area (Å²) in [5.74, 6) is -0.769. The van der Waals surface area contributed by atoms with Crippen molar-refractivity contribution in [1.82, 2.24) is 4.90 Å². The van der Waals surface area contributed by atoms with Crippen LogP contribution in [0.2, 0.25) is 0 Å². The summed E-state index contributed by atoms with van der Waals surface area (Å²) in [6.45, 7) is 2.38. The van der Waals surface area contributed by atoms with E-state index in [1.807, 2.05) is 31.2 Å². The van der Waals surface area contributed by atoms with Crippen LogP contribution in [0, 0.1) is 5.92 Å². The molecule has 0 aliphatic carbocycles. The molecule has 4 atom stereocenters. The van der Waals surface area contributed by atoms with Crippen molar-refractivity contribution in [1.29, 1.82) is 0 Å². The van der Waals surface area contributed by atoms with Gasteiger partial charge < -0.3 is 19.1 Å². The quantitative estimate of drug-likeness (QED) is 0.144. The summed E-state index contributed by atoms with van der Waals surface area (Å²) in [5.41, 5.74) is 10.6. The van der Waals surface area contributed by atoms with Crippen LogP contribution in [0.25, 0.3) is 10.4 Å². The maximum absolute atomic E-state index is 13.6. The minimum atomic E-state index is -0.946. The first-order valence-corrected chi connectivity index (χ1v) is 12.8. The van der Waals surface area contributed by atoms with Gasteiger partial charge in [0.25, 0.3) is 0 Å². The summed E-state index contributed by atoms with van der Waals surface area (Å²) in [4.78, 5) is 43.7. The number of benzene rings is 2. The molecule has 2 bridgehead atoms. The first-order chi connectivity index (χ1) is 18.4. The summed E-state index contributed by atoms with van der Waals surface area (Å²) in [6.07, 6.45) is 2.39. The molecule has 0 N–H and O–H groups in total. The van der Waals surface area contributed by atoms with Gasteiger partial charge in [0, 0.05) is 29.5 Å². The molecular weight excluding hydrogens is 488 g/mol. The van der Waals surface area contributed by atoms with Crippen LogP contribution in [0.3, 0.4) is 0 Å². The highest BCUT2D eigenvalue weighted by Gasteiger charge is 2.39. The normalized spacial score (nSPS) is 24.3. The summed E-state index contributed by atoms with van der Waals surface area (Å²) in [6, 6.07) is 13.1. The van der Waals surface area contributed by atoms with Gasteiger partial charge in [-0.15, -0.1) is 0 Å². The highest BCUT2D eigenvalue weighted by atomic mass is 16.6. The van der Waals surface area contributed by atoms with E-state index in [0.717, 1.165) is 24.0 Å². The lowest BCUT2D eigenvalue weighted by Crippen LogP contribution is -2.47. The third kappa shape index (κ3) is 7.12. The van der Waals surface area contributed by atoms with Crippen LogP contribution in [-0.2, 0) is 36.8 Å². The molecule has 1 saturated heterocycles. The highest BCUT2D eigenvalue weighted by molar-refractivity contribution is 6.00. The van der Waals surface area contributed by atoms with E-state index in [4.69, 9.17) is 19.7 Å². The Morgan fingerprint density at radius 1 is 1.11 bits per heavy atom. The lowest BCUT2D eigenvalue weighted by molar-refractivity contribution is -0.154. The van der Waals surface area contributed by atoms with Crippen LogP contribution in [0.15, 0.2) is 53.6 Å². The molecule has 0 spiro atoms. The van der Waals surface area contributed by atoms with Crippen LogP contribution in [0.4, 0.5) is 5.69 Å². The first kappa shape index (κ1) is 27.2. The predicted molar refractivity (Wildman–Crippen MR) is 139 cm³/mol. The van der Waals surface area contributed by atoms with Crippen LogP contribution in [-0.4, -0.2) is 54.5 Å². The van der Waals surface area contributed by atoms with E-state index < -0.39 is 17.9 Å². The Kier molecular flexibility index (Phi) is 8.99. The van der Waals surface area contributed by atoms with E-state index >= 15 is 0 Å². The zero-order chi connectivity index (χ0) is 27.1. The van der Waals surface area contributed by atoms with Gasteiger partial charge in [-0.2, -0.15) is 0 Å². The summed E-state index contributed by atoms with van der Waals surface area (Å²) >= 11 is 0. The fourth-order valence-corrected chi connectivity index (χ4v) is 4.66. The SMILES string of the molecule is COC(=O)[C@@H]1Cc2ccc(cc2)OC[C@@H]2O[C@H]2CCC[C@@H](C)C(=O)CC(=O)N1Cc1ccc(N=[N+]=[N-])cc1. The number of carbonyl (C=O) groups is 3. The Labute approximate surface area is 221 Å². The summed E-state index contributed by atoms with van der Waals surface area (Å²) in [7, 11) is 1.28. The Morgan fingerprint density at radius 3 is 2.53 bits per heavy atom. The Morgan fingerprint density at radius 2 is 1.84 bits per heavy atom. The maximum Gasteiger partial charge on any atom is 0.328 e. The number of epoxide rings is 1. The van der Waals surface area contributed by atoms with Crippen molar-refractivity contribution in [3.63, 3.8) is 0 Å². The van der Waals surface area contributed by atoms with Crippen molar-refractivity contribution in [2.75, 3.05) is 13.7 Å². The second-order valence-electron chi connectivity index (χ2n) is 9.76. The number of methoxy groups -OCH3 is 1. The van der Waals surface area contributed by atoms with Crippen LogP contribution in [0.1, 0.15) is 43.7 Å². The largest absolute Gasteiger partial charge is 0.491 e. The molecule has 38 heavy (non-hydrogen) atoms. The van der Waals surface area contributed by atoms with Crippen LogP contribution in [0.5, 0.6) is 5.75 Å². The molecule has 10 heteroatoms. The van der Waals surface area contributed by atoms with Crippen molar-refractivity contribution in [3.8, 4) is 5.75 Å². The smallest absolute Gasteiger partial charge is 0.328 e. The molecular formula is C28H32N4O6. The van der Waals surface area contributed by atoms with Gasteiger partial charge in [-0.05, 0) is 41.6 Å². The van der Waals surface area contributed by atoms with Crippen molar-refractivity contribution < 1.29 is 28.6 Å². The van der Waals surface area contributed by atoms with Gasteiger partial charge in [0.15, 0.2) is 0 Å². The van der Waals surface area contributed by atoms with Gasteiger partial charge >= 0.3 is 5.97 Å². The van der Waals surface area contributed by atoms with Crippen molar-refractivity contribution >= 4 is 23.3 Å². The summed E-state index contributed by atoms with van der Waals surface area (Å²) < 4.78 is 16.7. The number of rotatable bonds is 4. The number of esters is 1. The van der Waals surface area contributed by atoms with Gasteiger partial charge in [0.05, 0.1) is 19.6 Å².